The molecule has 0 saturated carbocycles. The van der Waals surface area contributed by atoms with Gasteiger partial charge in [0.15, 0.2) is 0 Å². The Labute approximate surface area is 310 Å². The molecule has 0 unspecified atom stereocenters. The molecular formula is C48H50N2O2. The fourth-order valence-corrected chi connectivity index (χ4v) is 6.48. The number of hydrogen-bond donors (Lipinski definition) is 0. The summed E-state index contributed by atoms with van der Waals surface area (Å²) >= 11 is 0. The van der Waals surface area contributed by atoms with Crippen molar-refractivity contribution in [2.75, 3.05) is 9.80 Å². The maximum atomic E-state index is 12.7. The van der Waals surface area contributed by atoms with Crippen LogP contribution in [0.1, 0.15) is 60.6 Å². The molecule has 0 aliphatic heterocycles. The van der Waals surface area contributed by atoms with Crippen molar-refractivity contribution in [3.8, 4) is 11.1 Å². The van der Waals surface area contributed by atoms with E-state index >= 15 is 0 Å². The van der Waals surface area contributed by atoms with Gasteiger partial charge in [0.25, 0.3) is 0 Å². The van der Waals surface area contributed by atoms with Gasteiger partial charge in [-0.3, -0.25) is 4.79 Å². The monoisotopic (exact) mass is 686 g/mol. The van der Waals surface area contributed by atoms with Gasteiger partial charge in [0.2, 0.25) is 0 Å². The van der Waals surface area contributed by atoms with E-state index in [9.17, 15) is 4.79 Å². The lowest BCUT2D eigenvalue weighted by atomic mass is 9.91. The number of para-hydroxylation sites is 1. The van der Waals surface area contributed by atoms with Gasteiger partial charge in [0.1, 0.15) is 6.61 Å². The first-order valence-corrected chi connectivity index (χ1v) is 18.2. The number of ether oxygens (including phenoxy) is 1. The second-order valence-corrected chi connectivity index (χ2v) is 14.5. The van der Waals surface area contributed by atoms with Crippen molar-refractivity contribution < 1.29 is 9.53 Å². The van der Waals surface area contributed by atoms with Crippen LogP contribution >= 0.6 is 0 Å². The summed E-state index contributed by atoms with van der Waals surface area (Å²) in [5, 5.41) is 0. The van der Waals surface area contributed by atoms with Gasteiger partial charge in [-0.15, -0.1) is 0 Å². The van der Waals surface area contributed by atoms with Crippen molar-refractivity contribution in [2.45, 2.75) is 68.4 Å². The molecule has 0 bridgehead atoms. The first-order valence-electron chi connectivity index (χ1n) is 18.2. The van der Waals surface area contributed by atoms with Gasteiger partial charge in [-0.05, 0) is 160 Å². The van der Waals surface area contributed by atoms with Gasteiger partial charge in [-0.25, -0.2) is 0 Å². The number of nitrogens with zero attached hydrogens (tertiary/aromatic N) is 2. The maximum Gasteiger partial charge on any atom is 0.311 e. The van der Waals surface area contributed by atoms with Crippen LogP contribution in [0.3, 0.4) is 0 Å². The minimum absolute atomic E-state index is 0.167. The standard InChI is InChI=1S/C48H50N2O2/c1-9-48(7,8)47(51)52-32-40-24-29-44(31-36(40)5)49(43-17-12-14-33(2)30-43)41-25-20-38(21-26-41)39-22-27-42(28-23-39)50(45-18-11-10-15-35(45)4)46-19-13-16-34(3)37(46)6/h10-31H,9,32H2,1-8H3. The van der Waals surface area contributed by atoms with E-state index in [2.05, 4.69) is 178 Å². The number of anilines is 6. The number of esters is 1. The van der Waals surface area contributed by atoms with Crippen molar-refractivity contribution in [2.24, 2.45) is 5.41 Å². The molecule has 0 radical (unpaired) electrons. The Bertz CT molecular complexity index is 2180. The van der Waals surface area contributed by atoms with E-state index < -0.39 is 5.41 Å². The van der Waals surface area contributed by atoms with E-state index in [-0.39, 0.29) is 12.6 Å². The summed E-state index contributed by atoms with van der Waals surface area (Å²) in [6.07, 6.45) is 0.736. The molecule has 0 aliphatic rings. The summed E-state index contributed by atoms with van der Waals surface area (Å²) in [6, 6.07) is 47.7. The van der Waals surface area contributed by atoms with Crippen LogP contribution in [0, 0.1) is 40.0 Å². The van der Waals surface area contributed by atoms with Gasteiger partial charge in [0.05, 0.1) is 5.41 Å². The molecule has 52 heavy (non-hydrogen) atoms. The van der Waals surface area contributed by atoms with Crippen molar-refractivity contribution in [3.05, 3.63) is 167 Å². The lowest BCUT2D eigenvalue weighted by molar-refractivity contribution is -0.155. The second kappa shape index (κ2) is 15.3. The molecule has 0 spiro atoms. The highest BCUT2D eigenvalue weighted by molar-refractivity contribution is 5.83. The molecule has 6 aromatic carbocycles. The smallest absolute Gasteiger partial charge is 0.311 e. The number of aryl methyl sites for hydroxylation is 4. The first kappa shape index (κ1) is 36.2. The summed E-state index contributed by atoms with van der Waals surface area (Å²) in [6.45, 7) is 16.9. The van der Waals surface area contributed by atoms with Gasteiger partial charge in [-0.1, -0.05) is 79.7 Å². The van der Waals surface area contributed by atoms with Crippen LogP contribution in [0.25, 0.3) is 11.1 Å². The molecule has 4 heteroatoms. The summed E-state index contributed by atoms with van der Waals surface area (Å²) in [5.74, 6) is -0.167. The lowest BCUT2D eigenvalue weighted by Crippen LogP contribution is -2.25. The number of hydrogen-bond acceptors (Lipinski definition) is 4. The third-order valence-electron chi connectivity index (χ3n) is 10.4. The predicted octanol–water partition coefficient (Wildman–Crippen LogP) is 13.3. The highest BCUT2D eigenvalue weighted by Gasteiger charge is 2.27. The lowest BCUT2D eigenvalue weighted by Gasteiger charge is -2.29. The molecule has 6 rings (SSSR count). The number of carbonyl (C=O) groups excluding carboxylic acids is 1. The molecule has 0 saturated heterocycles. The van der Waals surface area contributed by atoms with Crippen molar-refractivity contribution in [1.29, 1.82) is 0 Å². The first-order chi connectivity index (χ1) is 25.0. The van der Waals surface area contributed by atoms with Crippen LogP contribution in [0.2, 0.25) is 0 Å². The molecule has 0 N–H and O–H groups in total. The zero-order chi connectivity index (χ0) is 37.0. The Kier molecular flexibility index (Phi) is 10.7. The van der Waals surface area contributed by atoms with Gasteiger partial charge in [0, 0.05) is 34.1 Å². The van der Waals surface area contributed by atoms with Crippen LogP contribution in [0.5, 0.6) is 0 Å². The van der Waals surface area contributed by atoms with E-state index in [0.29, 0.717) is 0 Å². The zero-order valence-corrected chi connectivity index (χ0v) is 31.8. The third kappa shape index (κ3) is 7.67. The summed E-state index contributed by atoms with van der Waals surface area (Å²) in [4.78, 5) is 17.3. The number of rotatable bonds is 11. The topological polar surface area (TPSA) is 32.8 Å². The van der Waals surface area contributed by atoms with E-state index in [4.69, 9.17) is 4.74 Å². The molecule has 264 valence electrons. The average Bonchev–Trinajstić information content (AvgIpc) is 3.14. The quantitative estimate of drug-likeness (QED) is 0.127. The fourth-order valence-electron chi connectivity index (χ4n) is 6.48. The van der Waals surface area contributed by atoms with Gasteiger partial charge >= 0.3 is 5.97 Å². The van der Waals surface area contributed by atoms with Crippen molar-refractivity contribution in [1.82, 2.24) is 0 Å². The number of carbonyl (C=O) groups is 1. The molecular weight excluding hydrogens is 637 g/mol. The van der Waals surface area contributed by atoms with Crippen LogP contribution in [-0.4, -0.2) is 5.97 Å². The molecule has 0 heterocycles. The fraction of sp³-hybridized carbons (Fsp3) is 0.229. The van der Waals surface area contributed by atoms with Crippen LogP contribution in [-0.2, 0) is 16.1 Å². The largest absolute Gasteiger partial charge is 0.460 e. The molecule has 6 aromatic rings. The van der Waals surface area contributed by atoms with Gasteiger partial charge in [-0.2, -0.15) is 0 Å². The minimum Gasteiger partial charge on any atom is -0.460 e. The molecule has 4 nitrogen and oxygen atoms in total. The Morgan fingerprint density at radius 2 is 1.12 bits per heavy atom. The third-order valence-corrected chi connectivity index (χ3v) is 10.4. The summed E-state index contributed by atoms with van der Waals surface area (Å²) in [7, 11) is 0. The summed E-state index contributed by atoms with van der Waals surface area (Å²) < 4.78 is 5.73. The van der Waals surface area contributed by atoms with E-state index in [0.717, 1.165) is 51.4 Å². The predicted molar refractivity (Wildman–Crippen MR) is 219 cm³/mol. The Morgan fingerprint density at radius 3 is 1.73 bits per heavy atom. The van der Waals surface area contributed by atoms with Crippen LogP contribution in [0.15, 0.2) is 133 Å². The average molecular weight is 687 g/mol. The molecule has 0 fully saturated rings. The Balaban J connectivity index is 1.30. The molecule has 0 atom stereocenters. The highest BCUT2D eigenvalue weighted by atomic mass is 16.5. The molecule has 0 aliphatic carbocycles. The maximum absolute atomic E-state index is 12.7. The van der Waals surface area contributed by atoms with E-state index in [1.165, 1.54) is 33.6 Å². The van der Waals surface area contributed by atoms with Crippen LogP contribution < -0.4 is 9.80 Å². The molecule has 0 amide bonds. The Morgan fingerprint density at radius 1 is 0.558 bits per heavy atom. The van der Waals surface area contributed by atoms with Crippen molar-refractivity contribution in [3.63, 3.8) is 0 Å². The van der Waals surface area contributed by atoms with E-state index in [1.807, 2.05) is 20.8 Å². The zero-order valence-electron chi connectivity index (χ0n) is 31.8. The molecule has 0 aromatic heterocycles. The SMILES string of the molecule is CCC(C)(C)C(=O)OCc1ccc(N(c2ccc(-c3ccc(N(c4ccccc4C)c4cccc(C)c4C)cc3)cc2)c2cccc(C)c2)cc1C. The minimum atomic E-state index is -0.494. The normalized spacial score (nSPS) is 11.3. The Hall–Kier alpha value is -5.61. The van der Waals surface area contributed by atoms with Crippen molar-refractivity contribution >= 4 is 40.1 Å². The van der Waals surface area contributed by atoms with E-state index in [1.54, 1.807) is 0 Å². The second-order valence-electron chi connectivity index (χ2n) is 14.5. The van der Waals surface area contributed by atoms with Gasteiger partial charge < -0.3 is 14.5 Å². The highest BCUT2D eigenvalue weighted by Crippen LogP contribution is 2.41. The van der Waals surface area contributed by atoms with Crippen LogP contribution in [0.4, 0.5) is 34.1 Å². The summed E-state index contributed by atoms with van der Waals surface area (Å²) in [5.41, 5.74) is 15.5. The number of benzene rings is 6.